The molecular formula is C15H13N5O3S. The Bertz CT molecular complexity index is 865. The highest BCUT2D eigenvalue weighted by Crippen LogP contribution is 2.21. The number of benzene rings is 1. The van der Waals surface area contributed by atoms with E-state index in [1.165, 1.54) is 22.5 Å². The van der Waals surface area contributed by atoms with Crippen molar-refractivity contribution >= 4 is 15.7 Å². The third-order valence-corrected chi connectivity index (χ3v) is 5.19. The van der Waals surface area contributed by atoms with Gasteiger partial charge in [0, 0.05) is 18.8 Å². The molecule has 1 N–H and O–H groups in total. The van der Waals surface area contributed by atoms with Gasteiger partial charge in [-0.25, -0.2) is 8.42 Å². The van der Waals surface area contributed by atoms with E-state index >= 15 is 0 Å². The van der Waals surface area contributed by atoms with Crippen molar-refractivity contribution < 1.29 is 13.2 Å². The molecular weight excluding hydrogens is 330 g/mol. The fourth-order valence-corrected chi connectivity index (χ4v) is 3.55. The van der Waals surface area contributed by atoms with E-state index in [0.717, 1.165) is 0 Å². The average Bonchev–Trinajstić information content (AvgIpc) is 2.62. The third kappa shape index (κ3) is 3.70. The standard InChI is InChI=1S/C15H13N5O3S/c16-9-12(10-17)15(11-18)19-13-2-1-3-14(8-13)24(21,22)20-4-6-23-7-5-20/h1-3,8,19H,4-7H2. The molecule has 0 bridgehead atoms. The van der Waals surface area contributed by atoms with Crippen molar-refractivity contribution in [3.05, 3.63) is 35.5 Å². The molecule has 0 unspecified atom stereocenters. The second kappa shape index (κ2) is 7.58. The molecule has 1 aromatic carbocycles. The Hall–Kier alpha value is -2.90. The van der Waals surface area contributed by atoms with Crippen LogP contribution < -0.4 is 5.32 Å². The zero-order chi connectivity index (χ0) is 17.6. The van der Waals surface area contributed by atoms with E-state index < -0.39 is 10.0 Å². The fourth-order valence-electron chi connectivity index (χ4n) is 2.10. The zero-order valence-corrected chi connectivity index (χ0v) is 13.4. The van der Waals surface area contributed by atoms with E-state index in [-0.39, 0.29) is 29.3 Å². The molecule has 0 aliphatic carbocycles. The molecule has 1 fully saturated rings. The molecule has 24 heavy (non-hydrogen) atoms. The summed E-state index contributed by atoms with van der Waals surface area (Å²) >= 11 is 0. The van der Waals surface area contributed by atoms with E-state index in [4.69, 9.17) is 20.5 Å². The van der Waals surface area contributed by atoms with Gasteiger partial charge in [0.25, 0.3) is 0 Å². The number of sulfonamides is 1. The molecule has 0 radical (unpaired) electrons. The first kappa shape index (κ1) is 17.5. The van der Waals surface area contributed by atoms with Crippen molar-refractivity contribution in [1.82, 2.24) is 4.31 Å². The lowest BCUT2D eigenvalue weighted by Crippen LogP contribution is -2.40. The maximum absolute atomic E-state index is 12.6. The Morgan fingerprint density at radius 1 is 1.12 bits per heavy atom. The molecule has 0 amide bonds. The van der Waals surface area contributed by atoms with Gasteiger partial charge in [0.1, 0.15) is 23.9 Å². The molecule has 1 heterocycles. The number of hydrogen-bond acceptors (Lipinski definition) is 7. The van der Waals surface area contributed by atoms with Crippen LogP contribution in [0.1, 0.15) is 0 Å². The number of nitrogens with one attached hydrogen (secondary N) is 1. The Labute approximate surface area is 139 Å². The summed E-state index contributed by atoms with van der Waals surface area (Å²) in [5, 5.41) is 29.3. The van der Waals surface area contributed by atoms with Crippen LogP contribution in [0.2, 0.25) is 0 Å². The molecule has 1 saturated heterocycles. The van der Waals surface area contributed by atoms with Gasteiger partial charge in [-0.3, -0.25) is 0 Å². The molecule has 122 valence electrons. The second-order valence-electron chi connectivity index (χ2n) is 4.75. The number of nitriles is 3. The number of ether oxygens (including phenoxy) is 1. The summed E-state index contributed by atoms with van der Waals surface area (Å²) in [7, 11) is -3.67. The van der Waals surface area contributed by atoms with Crippen molar-refractivity contribution in [3.63, 3.8) is 0 Å². The van der Waals surface area contributed by atoms with E-state index in [1.54, 1.807) is 24.3 Å². The van der Waals surface area contributed by atoms with Gasteiger partial charge in [-0.1, -0.05) is 6.07 Å². The lowest BCUT2D eigenvalue weighted by atomic mass is 10.2. The van der Waals surface area contributed by atoms with Gasteiger partial charge in [0.2, 0.25) is 10.0 Å². The summed E-state index contributed by atoms with van der Waals surface area (Å²) in [6.07, 6.45) is 0. The SMILES string of the molecule is N#CC(C#N)=C(C#N)Nc1cccc(S(=O)(=O)N2CCOCC2)c1. The van der Waals surface area contributed by atoms with E-state index in [1.807, 2.05) is 0 Å². The predicted octanol–water partition coefficient (Wildman–Crippen LogP) is 0.944. The van der Waals surface area contributed by atoms with Crippen molar-refractivity contribution in [2.45, 2.75) is 4.90 Å². The summed E-state index contributed by atoms with van der Waals surface area (Å²) in [5.41, 5.74) is -0.316. The molecule has 8 nitrogen and oxygen atoms in total. The Kier molecular flexibility index (Phi) is 5.51. The topological polar surface area (TPSA) is 130 Å². The van der Waals surface area contributed by atoms with Crippen LogP contribution in [0.4, 0.5) is 5.69 Å². The predicted molar refractivity (Wildman–Crippen MR) is 83.5 cm³/mol. The normalized spacial score (nSPS) is 14.7. The monoisotopic (exact) mass is 343 g/mol. The van der Waals surface area contributed by atoms with Crippen LogP contribution in [0.5, 0.6) is 0 Å². The number of rotatable bonds is 4. The van der Waals surface area contributed by atoms with Crippen LogP contribution in [0.15, 0.2) is 40.4 Å². The van der Waals surface area contributed by atoms with Crippen LogP contribution >= 0.6 is 0 Å². The van der Waals surface area contributed by atoms with E-state index in [0.29, 0.717) is 18.9 Å². The van der Waals surface area contributed by atoms with Crippen LogP contribution in [0.25, 0.3) is 0 Å². The lowest BCUT2D eigenvalue weighted by Gasteiger charge is -2.26. The maximum atomic E-state index is 12.6. The Morgan fingerprint density at radius 2 is 1.79 bits per heavy atom. The Morgan fingerprint density at radius 3 is 2.38 bits per heavy atom. The van der Waals surface area contributed by atoms with Gasteiger partial charge in [0.15, 0.2) is 5.57 Å². The van der Waals surface area contributed by atoms with Crippen LogP contribution in [0.3, 0.4) is 0 Å². The minimum Gasteiger partial charge on any atom is -0.379 e. The molecule has 1 aliphatic heterocycles. The van der Waals surface area contributed by atoms with Crippen molar-refractivity contribution in [2.24, 2.45) is 0 Å². The van der Waals surface area contributed by atoms with Gasteiger partial charge < -0.3 is 10.1 Å². The summed E-state index contributed by atoms with van der Waals surface area (Å²) in [5.74, 6) is 0. The highest BCUT2D eigenvalue weighted by Gasteiger charge is 2.26. The second-order valence-corrected chi connectivity index (χ2v) is 6.69. The summed E-state index contributed by atoms with van der Waals surface area (Å²) in [6, 6.07) is 10.8. The zero-order valence-electron chi connectivity index (χ0n) is 12.6. The van der Waals surface area contributed by atoms with Gasteiger partial charge in [-0.2, -0.15) is 20.1 Å². The van der Waals surface area contributed by atoms with Gasteiger partial charge >= 0.3 is 0 Å². The highest BCUT2D eigenvalue weighted by atomic mass is 32.2. The van der Waals surface area contributed by atoms with E-state index in [9.17, 15) is 8.42 Å². The summed E-state index contributed by atoms with van der Waals surface area (Å²) in [6.45, 7) is 1.23. The maximum Gasteiger partial charge on any atom is 0.243 e. The first-order valence-corrected chi connectivity index (χ1v) is 8.36. The molecule has 2 rings (SSSR count). The van der Waals surface area contributed by atoms with Crippen LogP contribution in [-0.2, 0) is 14.8 Å². The number of morpholine rings is 1. The lowest BCUT2D eigenvalue weighted by molar-refractivity contribution is 0.0730. The van der Waals surface area contributed by atoms with Gasteiger partial charge in [-0.15, -0.1) is 0 Å². The smallest absolute Gasteiger partial charge is 0.243 e. The van der Waals surface area contributed by atoms with Crippen LogP contribution in [0, 0.1) is 34.0 Å². The number of nitrogens with zero attached hydrogens (tertiary/aromatic N) is 4. The molecule has 1 aromatic rings. The first-order chi connectivity index (χ1) is 11.5. The third-order valence-electron chi connectivity index (χ3n) is 3.30. The molecule has 0 atom stereocenters. The van der Waals surface area contributed by atoms with Crippen molar-refractivity contribution in [2.75, 3.05) is 31.6 Å². The van der Waals surface area contributed by atoms with Crippen LogP contribution in [-0.4, -0.2) is 39.0 Å². The molecule has 0 spiro atoms. The van der Waals surface area contributed by atoms with Crippen molar-refractivity contribution in [1.29, 1.82) is 15.8 Å². The number of anilines is 1. The molecule has 9 heteroatoms. The first-order valence-electron chi connectivity index (χ1n) is 6.92. The Balaban J connectivity index is 2.33. The minimum absolute atomic E-state index is 0.0576. The quantitative estimate of drug-likeness (QED) is 0.805. The molecule has 0 saturated carbocycles. The minimum atomic E-state index is -3.67. The van der Waals surface area contributed by atoms with Gasteiger partial charge in [-0.05, 0) is 18.2 Å². The number of hydrogen-bond donors (Lipinski definition) is 1. The largest absolute Gasteiger partial charge is 0.379 e. The molecule has 1 aliphatic rings. The number of allylic oxidation sites excluding steroid dienone is 2. The van der Waals surface area contributed by atoms with Gasteiger partial charge in [0.05, 0.1) is 18.1 Å². The fraction of sp³-hybridized carbons (Fsp3) is 0.267. The molecule has 0 aromatic heterocycles. The summed E-state index contributed by atoms with van der Waals surface area (Å²) < 4.78 is 31.7. The van der Waals surface area contributed by atoms with Crippen molar-refractivity contribution in [3.8, 4) is 18.2 Å². The average molecular weight is 343 g/mol. The van der Waals surface area contributed by atoms with E-state index in [2.05, 4.69) is 5.32 Å². The highest BCUT2D eigenvalue weighted by molar-refractivity contribution is 7.89. The summed E-state index contributed by atoms with van der Waals surface area (Å²) in [4.78, 5) is 0.0576.